The highest BCUT2D eigenvalue weighted by Gasteiger charge is 2.06. The average Bonchev–Trinajstić information content (AvgIpc) is 2.77. The van der Waals surface area contributed by atoms with Gasteiger partial charge in [-0.1, -0.05) is 36.4 Å². The fourth-order valence-electron chi connectivity index (χ4n) is 2.43. The van der Waals surface area contributed by atoms with Crippen LogP contribution in [-0.2, 0) is 18.9 Å². The summed E-state index contributed by atoms with van der Waals surface area (Å²) in [7, 11) is 0. The van der Waals surface area contributed by atoms with Gasteiger partial charge in [-0.25, -0.2) is 9.59 Å². The van der Waals surface area contributed by atoms with Gasteiger partial charge in [-0.05, 0) is 30.7 Å². The Morgan fingerprint density at radius 2 is 0.862 bits per heavy atom. The molecule has 6 nitrogen and oxygen atoms in total. The largest absolute Gasteiger partial charge is 0.462 e. The van der Waals surface area contributed by atoms with Crippen molar-refractivity contribution in [1.29, 1.82) is 0 Å². The third kappa shape index (κ3) is 9.87. The van der Waals surface area contributed by atoms with E-state index in [0.29, 0.717) is 63.6 Å². The first-order valence-electron chi connectivity index (χ1n) is 9.87. The smallest absolute Gasteiger partial charge is 0.338 e. The summed E-state index contributed by atoms with van der Waals surface area (Å²) in [6.07, 6.45) is 2.10. The third-order valence-electron chi connectivity index (χ3n) is 3.93. The van der Waals surface area contributed by atoms with Crippen LogP contribution >= 0.6 is 0 Å². The highest BCUT2D eigenvalue weighted by molar-refractivity contribution is 5.89. The zero-order valence-electron chi connectivity index (χ0n) is 16.6. The molecule has 29 heavy (non-hydrogen) atoms. The molecule has 0 saturated heterocycles. The molecule has 0 bridgehead atoms. The van der Waals surface area contributed by atoms with E-state index in [1.54, 1.807) is 48.5 Å². The van der Waals surface area contributed by atoms with E-state index >= 15 is 0 Å². The maximum absolute atomic E-state index is 11.7. The van der Waals surface area contributed by atoms with E-state index in [1.807, 2.05) is 12.1 Å². The molecule has 6 heteroatoms. The lowest BCUT2D eigenvalue weighted by Gasteiger charge is -2.07. The Morgan fingerprint density at radius 1 is 0.517 bits per heavy atom. The standard InChI is InChI=1S/C23H28O6/c24-22(20-10-3-1-4-11-20)28-18-8-16-26-14-7-15-27-17-9-19-29-23(25)21-12-5-2-6-13-21/h1-6,10-13H,7-9,14-19H2. The van der Waals surface area contributed by atoms with Crippen LogP contribution in [0.4, 0.5) is 0 Å². The van der Waals surface area contributed by atoms with Gasteiger partial charge in [-0.2, -0.15) is 0 Å². The number of hydrogen-bond acceptors (Lipinski definition) is 6. The molecule has 0 aromatic heterocycles. The van der Waals surface area contributed by atoms with Crippen LogP contribution in [0.2, 0.25) is 0 Å². The molecule has 0 saturated carbocycles. The van der Waals surface area contributed by atoms with Crippen LogP contribution in [0.5, 0.6) is 0 Å². The van der Waals surface area contributed by atoms with Crippen molar-refractivity contribution in [2.45, 2.75) is 19.3 Å². The Kier molecular flexibility index (Phi) is 11.2. The van der Waals surface area contributed by atoms with Crippen molar-refractivity contribution in [2.24, 2.45) is 0 Å². The first-order chi connectivity index (χ1) is 14.3. The van der Waals surface area contributed by atoms with Crippen molar-refractivity contribution in [2.75, 3.05) is 39.6 Å². The molecule has 0 aliphatic carbocycles. The van der Waals surface area contributed by atoms with Gasteiger partial charge in [0.25, 0.3) is 0 Å². The van der Waals surface area contributed by atoms with Crippen LogP contribution < -0.4 is 0 Å². The normalized spacial score (nSPS) is 10.5. The second-order valence-electron chi connectivity index (χ2n) is 6.29. The van der Waals surface area contributed by atoms with Crippen LogP contribution in [0.15, 0.2) is 60.7 Å². The molecule has 0 amide bonds. The summed E-state index contributed by atoms with van der Waals surface area (Å²) in [5.41, 5.74) is 1.11. The lowest BCUT2D eigenvalue weighted by molar-refractivity contribution is 0.0394. The summed E-state index contributed by atoms with van der Waals surface area (Å²) in [5, 5.41) is 0. The number of ether oxygens (including phenoxy) is 4. The lowest BCUT2D eigenvalue weighted by Crippen LogP contribution is -2.10. The molecule has 0 aliphatic rings. The van der Waals surface area contributed by atoms with Crippen LogP contribution in [0.1, 0.15) is 40.0 Å². The van der Waals surface area contributed by atoms with Crippen LogP contribution in [-0.4, -0.2) is 51.6 Å². The topological polar surface area (TPSA) is 71.1 Å². The minimum atomic E-state index is -0.312. The second kappa shape index (κ2) is 14.3. The Morgan fingerprint density at radius 3 is 1.24 bits per heavy atom. The molecule has 0 radical (unpaired) electrons. The first-order valence-corrected chi connectivity index (χ1v) is 9.87. The Balaban J connectivity index is 1.34. The van der Waals surface area contributed by atoms with Gasteiger partial charge in [-0.3, -0.25) is 0 Å². The van der Waals surface area contributed by atoms with Crippen molar-refractivity contribution >= 4 is 11.9 Å². The molecule has 2 aromatic rings. The maximum Gasteiger partial charge on any atom is 0.338 e. The van der Waals surface area contributed by atoms with Gasteiger partial charge in [-0.15, -0.1) is 0 Å². The van der Waals surface area contributed by atoms with Gasteiger partial charge >= 0.3 is 11.9 Å². The van der Waals surface area contributed by atoms with Crippen LogP contribution in [0.3, 0.4) is 0 Å². The van der Waals surface area contributed by atoms with E-state index in [4.69, 9.17) is 18.9 Å². The van der Waals surface area contributed by atoms with Gasteiger partial charge in [0, 0.05) is 39.3 Å². The van der Waals surface area contributed by atoms with Gasteiger partial charge in [0.1, 0.15) is 0 Å². The molecule has 156 valence electrons. The monoisotopic (exact) mass is 400 g/mol. The highest BCUT2D eigenvalue weighted by atomic mass is 16.5. The molecule has 0 fully saturated rings. The van der Waals surface area contributed by atoms with Crippen LogP contribution in [0.25, 0.3) is 0 Å². The minimum Gasteiger partial charge on any atom is -0.462 e. The van der Waals surface area contributed by atoms with Gasteiger partial charge in [0.15, 0.2) is 0 Å². The lowest BCUT2D eigenvalue weighted by atomic mass is 10.2. The van der Waals surface area contributed by atoms with Crippen LogP contribution in [0, 0.1) is 0 Å². The summed E-state index contributed by atoms with van der Waals surface area (Å²) in [5.74, 6) is -0.623. The number of benzene rings is 2. The van der Waals surface area contributed by atoms with Crippen molar-refractivity contribution in [3.8, 4) is 0 Å². The SMILES string of the molecule is O=C(OCCCOCCCOCCCOC(=O)c1ccccc1)c1ccccc1. The molecule has 0 N–H and O–H groups in total. The third-order valence-corrected chi connectivity index (χ3v) is 3.93. The summed E-state index contributed by atoms with van der Waals surface area (Å²) in [6.45, 7) is 2.94. The molecule has 0 unspecified atom stereocenters. The van der Waals surface area contributed by atoms with E-state index in [0.717, 1.165) is 6.42 Å². The van der Waals surface area contributed by atoms with E-state index in [2.05, 4.69) is 0 Å². The van der Waals surface area contributed by atoms with E-state index < -0.39 is 0 Å². The zero-order valence-corrected chi connectivity index (χ0v) is 16.6. The Bertz CT molecular complexity index is 640. The van der Waals surface area contributed by atoms with Crippen molar-refractivity contribution in [3.05, 3.63) is 71.8 Å². The first kappa shape index (κ1) is 22.6. The molecule has 0 atom stereocenters. The summed E-state index contributed by atoms with van der Waals surface area (Å²) < 4.78 is 21.3. The Labute approximate surface area is 171 Å². The average molecular weight is 400 g/mol. The Hall–Kier alpha value is -2.70. The molecule has 0 aliphatic heterocycles. The fraction of sp³-hybridized carbons (Fsp3) is 0.391. The van der Waals surface area contributed by atoms with E-state index in [1.165, 1.54) is 0 Å². The highest BCUT2D eigenvalue weighted by Crippen LogP contribution is 2.02. The molecule has 2 rings (SSSR count). The van der Waals surface area contributed by atoms with Crippen molar-refractivity contribution < 1.29 is 28.5 Å². The summed E-state index contributed by atoms with van der Waals surface area (Å²) in [6, 6.07) is 17.8. The minimum absolute atomic E-state index is 0.312. The van der Waals surface area contributed by atoms with Gasteiger partial charge < -0.3 is 18.9 Å². The number of carbonyl (C=O) groups excluding carboxylic acids is 2. The molecular formula is C23H28O6. The number of hydrogen-bond donors (Lipinski definition) is 0. The fourth-order valence-corrected chi connectivity index (χ4v) is 2.43. The molecule has 2 aromatic carbocycles. The summed E-state index contributed by atoms with van der Waals surface area (Å²) in [4.78, 5) is 23.5. The molecular weight excluding hydrogens is 372 g/mol. The second-order valence-corrected chi connectivity index (χ2v) is 6.29. The predicted molar refractivity (Wildman–Crippen MR) is 109 cm³/mol. The number of esters is 2. The van der Waals surface area contributed by atoms with E-state index in [-0.39, 0.29) is 11.9 Å². The maximum atomic E-state index is 11.7. The molecule has 0 heterocycles. The number of carbonyl (C=O) groups is 2. The quantitative estimate of drug-likeness (QED) is 0.354. The summed E-state index contributed by atoms with van der Waals surface area (Å²) >= 11 is 0. The number of rotatable bonds is 14. The predicted octanol–water partition coefficient (Wildman–Crippen LogP) is 3.90. The molecule has 0 spiro atoms. The zero-order chi connectivity index (χ0) is 20.6. The van der Waals surface area contributed by atoms with E-state index in [9.17, 15) is 9.59 Å². The van der Waals surface area contributed by atoms with Gasteiger partial charge in [0.05, 0.1) is 24.3 Å². The van der Waals surface area contributed by atoms with Crippen molar-refractivity contribution in [3.63, 3.8) is 0 Å². The van der Waals surface area contributed by atoms with Gasteiger partial charge in [0.2, 0.25) is 0 Å². The van der Waals surface area contributed by atoms with Crippen molar-refractivity contribution in [1.82, 2.24) is 0 Å².